The average Bonchev–Trinajstić information content (AvgIpc) is 3.06. The molecule has 1 unspecified atom stereocenters. The van der Waals surface area contributed by atoms with E-state index < -0.39 is 11.9 Å². The fourth-order valence-corrected chi connectivity index (χ4v) is 2.13. The van der Waals surface area contributed by atoms with Crippen molar-refractivity contribution in [1.82, 2.24) is 20.4 Å². The van der Waals surface area contributed by atoms with E-state index in [1.54, 1.807) is 6.26 Å². The maximum absolute atomic E-state index is 10.9. The summed E-state index contributed by atoms with van der Waals surface area (Å²) in [7, 11) is 0. The third kappa shape index (κ3) is 3.73. The highest BCUT2D eigenvalue weighted by Gasteiger charge is 2.25. The van der Waals surface area contributed by atoms with E-state index in [1.807, 2.05) is 6.26 Å². The fraction of sp³-hybridized carbons (Fsp3) is 0.500. The van der Waals surface area contributed by atoms with Crippen LogP contribution in [0.2, 0.25) is 0 Å². The zero-order valence-electron chi connectivity index (χ0n) is 10.8. The minimum atomic E-state index is -0.955. The summed E-state index contributed by atoms with van der Waals surface area (Å²) >= 11 is 2.62. The maximum atomic E-state index is 10.9. The molecule has 0 saturated carbocycles. The second kappa shape index (κ2) is 6.75. The van der Waals surface area contributed by atoms with Gasteiger partial charge in [-0.3, -0.25) is 4.79 Å². The number of aliphatic carboxylic acids is 1. The molecule has 0 aromatic carbocycles. The van der Waals surface area contributed by atoms with Crippen molar-refractivity contribution in [2.45, 2.75) is 29.2 Å². The first-order valence-electron chi connectivity index (χ1n) is 5.58. The van der Waals surface area contributed by atoms with Crippen LogP contribution in [-0.2, 0) is 11.2 Å². The number of carboxylic acid groups (broad SMARTS) is 1. The third-order valence-electron chi connectivity index (χ3n) is 2.41. The normalized spacial score (nSPS) is 12.5. The molecular formula is C10H12N4O4S2. The van der Waals surface area contributed by atoms with Crippen molar-refractivity contribution in [2.75, 3.05) is 12.5 Å². The Morgan fingerprint density at radius 2 is 1.80 bits per heavy atom. The Kier molecular flexibility index (Phi) is 5.01. The molecule has 10 heteroatoms. The van der Waals surface area contributed by atoms with Gasteiger partial charge in [0.25, 0.3) is 10.4 Å². The van der Waals surface area contributed by atoms with Crippen LogP contribution in [0.1, 0.15) is 24.1 Å². The molecule has 2 aromatic heterocycles. The molecule has 0 radical (unpaired) electrons. The SMILES string of the molecule is CSc1nnc(CC(CC(=O)O)c2nnc(SC)o2)o1. The van der Waals surface area contributed by atoms with E-state index in [9.17, 15) is 4.79 Å². The lowest BCUT2D eigenvalue weighted by molar-refractivity contribution is -0.137. The lowest BCUT2D eigenvalue weighted by Gasteiger charge is -2.06. The third-order valence-corrected chi connectivity index (χ3v) is 3.44. The van der Waals surface area contributed by atoms with Crippen molar-refractivity contribution in [3.05, 3.63) is 11.8 Å². The van der Waals surface area contributed by atoms with Crippen LogP contribution in [0.25, 0.3) is 0 Å². The summed E-state index contributed by atoms with van der Waals surface area (Å²) in [6, 6.07) is 0. The monoisotopic (exact) mass is 316 g/mol. The summed E-state index contributed by atoms with van der Waals surface area (Å²) < 4.78 is 10.7. The van der Waals surface area contributed by atoms with Gasteiger partial charge in [-0.2, -0.15) is 0 Å². The van der Waals surface area contributed by atoms with Crippen molar-refractivity contribution >= 4 is 29.5 Å². The lowest BCUT2D eigenvalue weighted by Crippen LogP contribution is -2.10. The first-order valence-corrected chi connectivity index (χ1v) is 8.03. The number of carbonyl (C=O) groups is 1. The minimum Gasteiger partial charge on any atom is -0.481 e. The van der Waals surface area contributed by atoms with Crippen LogP contribution in [-0.4, -0.2) is 44.0 Å². The number of nitrogens with zero attached hydrogens (tertiary/aromatic N) is 4. The Labute approximate surface area is 122 Å². The zero-order chi connectivity index (χ0) is 14.5. The number of hydrogen-bond acceptors (Lipinski definition) is 9. The van der Waals surface area contributed by atoms with E-state index >= 15 is 0 Å². The minimum absolute atomic E-state index is 0.146. The van der Waals surface area contributed by atoms with Gasteiger partial charge in [0.2, 0.25) is 11.8 Å². The standard InChI is InChI=1S/C10H12N4O4S2/c1-19-9-13-11-6(17-9)3-5(4-7(15)16)8-12-14-10(18-8)20-2/h5H,3-4H2,1-2H3,(H,15,16). The highest BCUT2D eigenvalue weighted by molar-refractivity contribution is 7.98. The summed E-state index contributed by atoms with van der Waals surface area (Å²) in [4.78, 5) is 10.9. The van der Waals surface area contributed by atoms with Crippen LogP contribution in [0.4, 0.5) is 0 Å². The van der Waals surface area contributed by atoms with Gasteiger partial charge >= 0.3 is 5.97 Å². The van der Waals surface area contributed by atoms with Gasteiger partial charge in [0.1, 0.15) is 0 Å². The molecule has 0 saturated heterocycles. The van der Waals surface area contributed by atoms with Crippen LogP contribution >= 0.6 is 23.5 Å². The average molecular weight is 316 g/mol. The van der Waals surface area contributed by atoms with Gasteiger partial charge in [-0.25, -0.2) is 0 Å². The number of carboxylic acids is 1. The van der Waals surface area contributed by atoms with E-state index in [0.717, 1.165) is 0 Å². The smallest absolute Gasteiger partial charge is 0.304 e. The quantitative estimate of drug-likeness (QED) is 0.756. The maximum Gasteiger partial charge on any atom is 0.304 e. The van der Waals surface area contributed by atoms with E-state index in [-0.39, 0.29) is 18.7 Å². The molecule has 0 aliphatic heterocycles. The van der Waals surface area contributed by atoms with Crippen molar-refractivity contribution in [2.24, 2.45) is 0 Å². The van der Waals surface area contributed by atoms with Crippen LogP contribution in [0.5, 0.6) is 0 Å². The molecule has 0 fully saturated rings. The highest BCUT2D eigenvalue weighted by atomic mass is 32.2. The summed E-state index contributed by atoms with van der Waals surface area (Å²) in [6.45, 7) is 0. The molecule has 1 N–H and O–H groups in total. The second-order valence-corrected chi connectivity index (χ2v) is 5.29. The van der Waals surface area contributed by atoms with Gasteiger partial charge in [0.15, 0.2) is 0 Å². The molecule has 1 atom stereocenters. The summed E-state index contributed by atoms with van der Waals surface area (Å²) in [6.07, 6.45) is 3.71. The van der Waals surface area contributed by atoms with Crippen molar-refractivity contribution in [1.29, 1.82) is 0 Å². The summed E-state index contributed by atoms with van der Waals surface area (Å²) in [5, 5.41) is 25.1. The van der Waals surface area contributed by atoms with Gasteiger partial charge in [-0.15, -0.1) is 20.4 Å². The Bertz CT molecular complexity index is 585. The first-order chi connectivity index (χ1) is 9.62. The zero-order valence-corrected chi connectivity index (χ0v) is 12.4. The second-order valence-electron chi connectivity index (χ2n) is 3.78. The van der Waals surface area contributed by atoms with E-state index in [2.05, 4.69) is 20.4 Å². The van der Waals surface area contributed by atoms with Gasteiger partial charge in [-0.1, -0.05) is 23.5 Å². The summed E-state index contributed by atoms with van der Waals surface area (Å²) in [5.41, 5.74) is 0. The Morgan fingerprint density at radius 3 is 2.35 bits per heavy atom. The first kappa shape index (κ1) is 14.9. The predicted octanol–water partition coefficient (Wildman–Crippen LogP) is 1.70. The largest absolute Gasteiger partial charge is 0.481 e. The van der Waals surface area contributed by atoms with Crippen LogP contribution in [0, 0.1) is 0 Å². The number of rotatable bonds is 7. The topological polar surface area (TPSA) is 115 Å². The number of thioether (sulfide) groups is 2. The van der Waals surface area contributed by atoms with Crippen LogP contribution in [0.15, 0.2) is 19.3 Å². The Balaban J connectivity index is 2.16. The fourth-order valence-electron chi connectivity index (χ4n) is 1.54. The van der Waals surface area contributed by atoms with Crippen molar-refractivity contribution < 1.29 is 18.7 Å². The highest BCUT2D eigenvalue weighted by Crippen LogP contribution is 2.26. The number of aromatic nitrogens is 4. The van der Waals surface area contributed by atoms with Gasteiger partial charge in [0, 0.05) is 6.42 Å². The number of hydrogen-bond donors (Lipinski definition) is 1. The van der Waals surface area contributed by atoms with Gasteiger partial charge < -0.3 is 13.9 Å². The van der Waals surface area contributed by atoms with Crippen molar-refractivity contribution in [3.63, 3.8) is 0 Å². The molecular weight excluding hydrogens is 304 g/mol. The molecule has 20 heavy (non-hydrogen) atoms. The predicted molar refractivity (Wildman–Crippen MR) is 70.9 cm³/mol. The molecule has 0 amide bonds. The lowest BCUT2D eigenvalue weighted by atomic mass is 10.0. The molecule has 2 aromatic rings. The van der Waals surface area contributed by atoms with Gasteiger partial charge in [0.05, 0.1) is 12.3 Å². The van der Waals surface area contributed by atoms with E-state index in [4.69, 9.17) is 13.9 Å². The van der Waals surface area contributed by atoms with E-state index in [0.29, 0.717) is 16.3 Å². The molecule has 0 spiro atoms. The molecule has 0 aliphatic carbocycles. The molecule has 0 bridgehead atoms. The van der Waals surface area contributed by atoms with Crippen molar-refractivity contribution in [3.8, 4) is 0 Å². The summed E-state index contributed by atoms with van der Waals surface area (Å²) in [5.74, 6) is -0.829. The molecule has 8 nitrogen and oxygen atoms in total. The molecule has 2 heterocycles. The Hall–Kier alpha value is -1.55. The Morgan fingerprint density at radius 1 is 1.15 bits per heavy atom. The molecule has 0 aliphatic rings. The van der Waals surface area contributed by atoms with Gasteiger partial charge in [-0.05, 0) is 12.5 Å². The molecule has 108 valence electrons. The molecule has 2 rings (SSSR count). The van der Waals surface area contributed by atoms with E-state index in [1.165, 1.54) is 23.5 Å². The van der Waals surface area contributed by atoms with Crippen LogP contribution < -0.4 is 0 Å². The van der Waals surface area contributed by atoms with Crippen LogP contribution in [0.3, 0.4) is 0 Å².